The van der Waals surface area contributed by atoms with Gasteiger partial charge in [0, 0.05) is 16.7 Å². The molecule has 0 aromatic carbocycles. The van der Waals surface area contributed by atoms with Gasteiger partial charge in [0.2, 0.25) is 0 Å². The number of hydrogen-bond acceptors (Lipinski definition) is 6. The van der Waals surface area contributed by atoms with Gasteiger partial charge in [-0.15, -0.1) is 0 Å². The molecule has 7 heteroatoms. The molecule has 1 fully saturated rings. The normalized spacial score (nSPS) is 13.8. The monoisotopic (exact) mass is 328 g/mol. The van der Waals surface area contributed by atoms with Crippen LogP contribution in [0.5, 0.6) is 0 Å². The number of carboxylic acids is 1. The molecule has 0 bridgehead atoms. The minimum atomic E-state index is -0.935. The van der Waals surface area contributed by atoms with Crippen LogP contribution >= 0.6 is 0 Å². The van der Waals surface area contributed by atoms with Crippen molar-refractivity contribution in [3.63, 3.8) is 0 Å². The van der Waals surface area contributed by atoms with Gasteiger partial charge in [0.1, 0.15) is 12.7 Å². The lowest BCUT2D eigenvalue weighted by atomic mass is 10.4. The first-order valence-corrected chi connectivity index (χ1v) is 6.59. The predicted molar refractivity (Wildman–Crippen MR) is 84.8 cm³/mol. The first kappa shape index (κ1) is 22.9. The van der Waals surface area contributed by atoms with E-state index in [4.69, 9.17) is 14.6 Å². The number of carbonyl (C=O) groups excluding carboxylic acids is 2. The standard InChI is InChI=1S/C7H10O3.C5H8O2.C4H6O2/c1-5(2)7(8)10-4-6-3-9-6;1-4(2)5(6)7-3;1-3(2)4(5)6/h6H,1,3-4H2,2H3;1H2,2-3H3;1H2,2H3,(H,5,6). The zero-order valence-corrected chi connectivity index (χ0v) is 14.0. The Balaban J connectivity index is 0. The zero-order valence-electron chi connectivity index (χ0n) is 14.0. The second-order valence-corrected chi connectivity index (χ2v) is 4.69. The quantitative estimate of drug-likeness (QED) is 0.467. The van der Waals surface area contributed by atoms with Crippen molar-refractivity contribution >= 4 is 17.9 Å². The summed E-state index contributed by atoms with van der Waals surface area (Å²) in [6, 6.07) is 0. The summed E-state index contributed by atoms with van der Waals surface area (Å²) in [6.45, 7) is 15.7. The van der Waals surface area contributed by atoms with E-state index in [-0.39, 0.29) is 23.6 Å². The molecule has 1 heterocycles. The van der Waals surface area contributed by atoms with Crippen LogP contribution in [0.1, 0.15) is 20.8 Å². The molecule has 7 nitrogen and oxygen atoms in total. The molecule has 1 aliphatic rings. The van der Waals surface area contributed by atoms with Crippen molar-refractivity contribution in [2.45, 2.75) is 26.9 Å². The van der Waals surface area contributed by atoms with Gasteiger partial charge < -0.3 is 19.3 Å². The molecule has 1 atom stereocenters. The highest BCUT2D eigenvalue weighted by atomic mass is 16.6. The number of epoxide rings is 1. The summed E-state index contributed by atoms with van der Waals surface area (Å²) in [7, 11) is 1.33. The van der Waals surface area contributed by atoms with Crippen LogP contribution in [0, 0.1) is 0 Å². The molecule has 1 aliphatic heterocycles. The predicted octanol–water partition coefficient (Wildman–Crippen LogP) is 1.89. The Bertz CT molecular complexity index is 461. The van der Waals surface area contributed by atoms with Crippen LogP contribution in [0.2, 0.25) is 0 Å². The van der Waals surface area contributed by atoms with E-state index in [1.54, 1.807) is 13.8 Å². The van der Waals surface area contributed by atoms with Crippen molar-refractivity contribution < 1.29 is 33.7 Å². The molecule has 0 radical (unpaired) electrons. The number of methoxy groups -OCH3 is 1. The van der Waals surface area contributed by atoms with Crippen molar-refractivity contribution in [2.75, 3.05) is 20.3 Å². The summed E-state index contributed by atoms with van der Waals surface area (Å²) in [4.78, 5) is 30.5. The van der Waals surface area contributed by atoms with E-state index in [1.807, 2.05) is 0 Å². The Morgan fingerprint density at radius 2 is 1.43 bits per heavy atom. The SMILES string of the molecule is C=C(C)C(=O)O.C=C(C)C(=O)OC.C=C(C)C(=O)OCC1CO1. The van der Waals surface area contributed by atoms with Gasteiger partial charge in [0.25, 0.3) is 0 Å². The van der Waals surface area contributed by atoms with Crippen molar-refractivity contribution in [3.05, 3.63) is 36.5 Å². The summed E-state index contributed by atoms with van der Waals surface area (Å²) in [5, 5.41) is 7.89. The van der Waals surface area contributed by atoms with E-state index in [1.165, 1.54) is 14.0 Å². The fraction of sp³-hybridized carbons (Fsp3) is 0.438. The maximum absolute atomic E-state index is 10.7. The van der Waals surface area contributed by atoms with Gasteiger partial charge in [-0.25, -0.2) is 14.4 Å². The Kier molecular flexibility index (Phi) is 12.1. The highest BCUT2D eigenvalue weighted by Crippen LogP contribution is 2.09. The molecule has 130 valence electrons. The fourth-order valence-corrected chi connectivity index (χ4v) is 0.630. The zero-order chi connectivity index (χ0) is 18.6. The van der Waals surface area contributed by atoms with E-state index >= 15 is 0 Å². The van der Waals surface area contributed by atoms with Gasteiger partial charge in [-0.05, 0) is 20.8 Å². The summed E-state index contributed by atoms with van der Waals surface area (Å²) in [6.07, 6.45) is 0.142. The van der Waals surface area contributed by atoms with Gasteiger partial charge >= 0.3 is 17.9 Å². The maximum atomic E-state index is 10.7. The van der Waals surface area contributed by atoms with E-state index in [2.05, 4.69) is 24.5 Å². The van der Waals surface area contributed by atoms with E-state index < -0.39 is 5.97 Å². The first-order chi connectivity index (χ1) is 10.5. The molecule has 0 aromatic rings. The van der Waals surface area contributed by atoms with E-state index in [0.717, 1.165) is 0 Å². The molecule has 1 N–H and O–H groups in total. The lowest BCUT2D eigenvalue weighted by Gasteiger charge is -1.99. The van der Waals surface area contributed by atoms with Crippen LogP contribution in [0.25, 0.3) is 0 Å². The summed E-state index contributed by atoms with van der Waals surface area (Å²) in [5.74, 6) is -1.62. The van der Waals surface area contributed by atoms with E-state index in [9.17, 15) is 14.4 Å². The second-order valence-electron chi connectivity index (χ2n) is 4.69. The maximum Gasteiger partial charge on any atom is 0.333 e. The number of carbonyl (C=O) groups is 3. The molecule has 0 saturated carbocycles. The van der Waals surface area contributed by atoms with Crippen molar-refractivity contribution in [1.82, 2.24) is 0 Å². The second kappa shape index (κ2) is 12.2. The highest BCUT2D eigenvalue weighted by Gasteiger charge is 2.24. The molecule has 0 spiro atoms. The number of aliphatic carboxylic acids is 1. The summed E-state index contributed by atoms with van der Waals surface area (Å²) in [5.41, 5.74) is 1.04. The van der Waals surface area contributed by atoms with Gasteiger partial charge in [-0.1, -0.05) is 19.7 Å². The molecule has 0 amide bonds. The average molecular weight is 328 g/mol. The van der Waals surface area contributed by atoms with Crippen LogP contribution in [-0.2, 0) is 28.6 Å². The van der Waals surface area contributed by atoms with Gasteiger partial charge in [0.05, 0.1) is 13.7 Å². The lowest BCUT2D eigenvalue weighted by molar-refractivity contribution is -0.139. The number of hydrogen-bond donors (Lipinski definition) is 1. The van der Waals surface area contributed by atoms with Crippen molar-refractivity contribution in [1.29, 1.82) is 0 Å². The van der Waals surface area contributed by atoms with Crippen LogP contribution in [0.4, 0.5) is 0 Å². The van der Waals surface area contributed by atoms with Gasteiger partial charge in [-0.2, -0.15) is 0 Å². The molecule has 0 aromatic heterocycles. The Morgan fingerprint density at radius 3 is 1.61 bits per heavy atom. The fourth-order valence-electron chi connectivity index (χ4n) is 0.630. The largest absolute Gasteiger partial charge is 0.478 e. The van der Waals surface area contributed by atoms with Gasteiger partial charge in [0.15, 0.2) is 0 Å². The van der Waals surface area contributed by atoms with Crippen LogP contribution in [0.15, 0.2) is 36.5 Å². The first-order valence-electron chi connectivity index (χ1n) is 6.59. The third kappa shape index (κ3) is 15.8. The smallest absolute Gasteiger partial charge is 0.333 e. The summed E-state index contributed by atoms with van der Waals surface area (Å²) < 4.78 is 13.9. The number of ether oxygens (including phenoxy) is 3. The number of esters is 2. The summed E-state index contributed by atoms with van der Waals surface area (Å²) >= 11 is 0. The van der Waals surface area contributed by atoms with E-state index in [0.29, 0.717) is 24.4 Å². The minimum absolute atomic E-state index is 0.142. The Morgan fingerprint density at radius 1 is 1.04 bits per heavy atom. The molecular formula is C16H24O7. The molecule has 1 saturated heterocycles. The molecular weight excluding hydrogens is 304 g/mol. The number of carboxylic acid groups (broad SMARTS) is 1. The van der Waals surface area contributed by atoms with Crippen LogP contribution in [-0.4, -0.2) is 49.4 Å². The van der Waals surface area contributed by atoms with Crippen molar-refractivity contribution in [3.8, 4) is 0 Å². The Hall–Kier alpha value is -2.41. The minimum Gasteiger partial charge on any atom is -0.478 e. The van der Waals surface area contributed by atoms with Crippen LogP contribution in [0.3, 0.4) is 0 Å². The van der Waals surface area contributed by atoms with Crippen LogP contribution < -0.4 is 0 Å². The molecule has 1 unspecified atom stereocenters. The molecule has 0 aliphatic carbocycles. The lowest BCUT2D eigenvalue weighted by Crippen LogP contribution is -2.09. The molecule has 1 rings (SSSR count). The third-order valence-electron chi connectivity index (χ3n) is 2.05. The Labute approximate surface area is 136 Å². The average Bonchev–Trinajstić information content (AvgIpc) is 3.28. The topological polar surface area (TPSA) is 102 Å². The number of rotatable bonds is 5. The third-order valence-corrected chi connectivity index (χ3v) is 2.05. The van der Waals surface area contributed by atoms with Crippen molar-refractivity contribution in [2.24, 2.45) is 0 Å². The molecule has 23 heavy (non-hydrogen) atoms. The van der Waals surface area contributed by atoms with Gasteiger partial charge in [-0.3, -0.25) is 0 Å². The highest BCUT2D eigenvalue weighted by molar-refractivity contribution is 5.87.